The topological polar surface area (TPSA) is 49.6 Å². The summed E-state index contributed by atoms with van der Waals surface area (Å²) in [6.45, 7) is 4.61. The van der Waals surface area contributed by atoms with Crippen molar-refractivity contribution in [3.05, 3.63) is 0 Å². The second-order valence-corrected chi connectivity index (χ2v) is 3.14. The summed E-state index contributed by atoms with van der Waals surface area (Å²) in [5.41, 5.74) is 5.17. The maximum Gasteiger partial charge on any atom is 0.315 e. The summed E-state index contributed by atoms with van der Waals surface area (Å²) in [6, 6.07) is -0.0446. The Labute approximate surface area is 66.9 Å². The van der Waals surface area contributed by atoms with Crippen LogP contribution in [-0.2, 0) is 0 Å². The van der Waals surface area contributed by atoms with Gasteiger partial charge in [-0.05, 0) is 14.0 Å². The summed E-state index contributed by atoms with van der Waals surface area (Å²) in [4.78, 5) is 14.7. The average Bonchev–Trinajstić information content (AvgIpc) is 1.85. The summed E-state index contributed by atoms with van der Waals surface area (Å²) in [5, 5.41) is 0. The molecule has 2 amide bonds. The second-order valence-electron chi connectivity index (χ2n) is 3.14. The molecule has 64 valence electrons. The van der Waals surface area contributed by atoms with Crippen molar-refractivity contribution < 1.29 is 4.79 Å². The van der Waals surface area contributed by atoms with E-state index in [1.54, 1.807) is 4.90 Å². The maximum atomic E-state index is 10.8. The van der Waals surface area contributed by atoms with Crippen molar-refractivity contribution in [2.24, 2.45) is 5.73 Å². The van der Waals surface area contributed by atoms with Gasteiger partial charge in [-0.3, -0.25) is 0 Å². The van der Waals surface area contributed by atoms with Gasteiger partial charge in [-0.25, -0.2) is 4.79 Å². The number of rotatable bonds is 0. The minimum atomic E-state index is -0.300. The molecule has 0 aromatic carbocycles. The molecule has 0 aromatic rings. The zero-order valence-corrected chi connectivity index (χ0v) is 7.08. The lowest BCUT2D eigenvalue weighted by molar-refractivity contribution is 0.122. The third kappa shape index (κ3) is 1.83. The first-order valence-electron chi connectivity index (χ1n) is 3.86. The molecular formula is C7H15N3O. The lowest BCUT2D eigenvalue weighted by Gasteiger charge is -2.36. The molecule has 11 heavy (non-hydrogen) atoms. The first kappa shape index (κ1) is 8.33. The zero-order valence-electron chi connectivity index (χ0n) is 7.08. The number of urea groups is 1. The van der Waals surface area contributed by atoms with Gasteiger partial charge in [0.15, 0.2) is 0 Å². The predicted molar refractivity (Wildman–Crippen MR) is 43.2 cm³/mol. The average molecular weight is 157 g/mol. The van der Waals surface area contributed by atoms with E-state index >= 15 is 0 Å². The van der Waals surface area contributed by atoms with E-state index in [-0.39, 0.29) is 12.1 Å². The molecule has 0 bridgehead atoms. The smallest absolute Gasteiger partial charge is 0.315 e. The van der Waals surface area contributed by atoms with Gasteiger partial charge >= 0.3 is 6.03 Å². The molecule has 1 atom stereocenters. The molecule has 4 nitrogen and oxygen atoms in total. The van der Waals surface area contributed by atoms with Crippen LogP contribution in [0.3, 0.4) is 0 Å². The Bertz CT molecular complexity index is 160. The van der Waals surface area contributed by atoms with Crippen LogP contribution in [0.5, 0.6) is 0 Å². The summed E-state index contributed by atoms with van der Waals surface area (Å²) in [5.74, 6) is 0. The highest BCUT2D eigenvalue weighted by atomic mass is 16.2. The van der Waals surface area contributed by atoms with Crippen molar-refractivity contribution in [2.45, 2.75) is 13.0 Å². The van der Waals surface area contributed by atoms with Crippen molar-refractivity contribution in [2.75, 3.05) is 26.7 Å². The van der Waals surface area contributed by atoms with Gasteiger partial charge in [-0.1, -0.05) is 0 Å². The highest BCUT2D eigenvalue weighted by Gasteiger charge is 2.23. The Morgan fingerprint density at radius 2 is 2.18 bits per heavy atom. The van der Waals surface area contributed by atoms with Crippen LogP contribution >= 0.6 is 0 Å². The standard InChI is InChI=1S/C7H15N3O/c1-6-5-9(2)3-4-10(6)7(8)11/h6H,3-5H2,1-2H3,(H2,8,11)/t6-/m0/s1. The summed E-state index contributed by atoms with van der Waals surface area (Å²) in [7, 11) is 2.05. The van der Waals surface area contributed by atoms with Gasteiger partial charge in [-0.2, -0.15) is 0 Å². The fraction of sp³-hybridized carbons (Fsp3) is 0.857. The molecule has 2 N–H and O–H groups in total. The number of likely N-dealkylation sites (N-methyl/N-ethyl adjacent to an activating group) is 1. The number of hydrogen-bond acceptors (Lipinski definition) is 2. The van der Waals surface area contributed by atoms with Crippen molar-refractivity contribution in [1.29, 1.82) is 0 Å². The van der Waals surface area contributed by atoms with E-state index in [1.807, 2.05) is 6.92 Å². The van der Waals surface area contributed by atoms with Crippen LogP contribution in [0.2, 0.25) is 0 Å². The number of nitrogens with two attached hydrogens (primary N) is 1. The molecular weight excluding hydrogens is 142 g/mol. The van der Waals surface area contributed by atoms with E-state index in [9.17, 15) is 4.79 Å². The summed E-state index contributed by atoms with van der Waals surface area (Å²) < 4.78 is 0. The monoisotopic (exact) mass is 157 g/mol. The zero-order chi connectivity index (χ0) is 8.43. The van der Waals surface area contributed by atoms with E-state index in [2.05, 4.69) is 11.9 Å². The van der Waals surface area contributed by atoms with Crippen molar-refractivity contribution in [3.63, 3.8) is 0 Å². The number of hydrogen-bond donors (Lipinski definition) is 1. The molecule has 0 spiro atoms. The molecule has 1 aliphatic rings. The molecule has 1 rings (SSSR count). The molecule has 0 saturated carbocycles. The first-order chi connectivity index (χ1) is 5.11. The number of primary amides is 1. The minimum absolute atomic E-state index is 0.256. The van der Waals surface area contributed by atoms with Gasteiger partial charge in [0.2, 0.25) is 0 Å². The van der Waals surface area contributed by atoms with Gasteiger partial charge in [0.05, 0.1) is 0 Å². The lowest BCUT2D eigenvalue weighted by Crippen LogP contribution is -2.54. The molecule has 1 aliphatic heterocycles. The maximum absolute atomic E-state index is 10.8. The lowest BCUT2D eigenvalue weighted by atomic mass is 10.2. The molecule has 0 aromatic heterocycles. The van der Waals surface area contributed by atoms with E-state index in [0.29, 0.717) is 0 Å². The van der Waals surface area contributed by atoms with Gasteiger partial charge in [0.1, 0.15) is 0 Å². The van der Waals surface area contributed by atoms with Crippen LogP contribution in [0, 0.1) is 0 Å². The van der Waals surface area contributed by atoms with Crippen molar-refractivity contribution in [3.8, 4) is 0 Å². The quantitative estimate of drug-likeness (QED) is 0.525. The second kappa shape index (κ2) is 3.09. The van der Waals surface area contributed by atoms with Gasteiger partial charge in [0, 0.05) is 25.7 Å². The Hall–Kier alpha value is -0.770. The highest BCUT2D eigenvalue weighted by molar-refractivity contribution is 5.72. The van der Waals surface area contributed by atoms with Crippen LogP contribution < -0.4 is 5.73 Å². The number of amides is 2. The third-order valence-corrected chi connectivity index (χ3v) is 2.11. The molecule has 1 saturated heterocycles. The van der Waals surface area contributed by atoms with Crippen molar-refractivity contribution >= 4 is 6.03 Å². The molecule has 0 unspecified atom stereocenters. The van der Waals surface area contributed by atoms with E-state index < -0.39 is 0 Å². The largest absolute Gasteiger partial charge is 0.351 e. The van der Waals surface area contributed by atoms with Crippen molar-refractivity contribution in [1.82, 2.24) is 9.80 Å². The molecule has 4 heteroatoms. The van der Waals surface area contributed by atoms with Crippen LogP contribution in [0.1, 0.15) is 6.92 Å². The number of piperazine rings is 1. The third-order valence-electron chi connectivity index (χ3n) is 2.11. The normalized spacial score (nSPS) is 27.1. The van der Waals surface area contributed by atoms with E-state index in [0.717, 1.165) is 19.6 Å². The fourth-order valence-electron chi connectivity index (χ4n) is 1.47. The number of carbonyl (C=O) groups excluding carboxylic acids is 1. The van der Waals surface area contributed by atoms with Gasteiger partial charge in [0.25, 0.3) is 0 Å². The van der Waals surface area contributed by atoms with Gasteiger partial charge in [-0.15, -0.1) is 0 Å². The fourth-order valence-corrected chi connectivity index (χ4v) is 1.47. The van der Waals surface area contributed by atoms with E-state index in [1.165, 1.54) is 0 Å². The predicted octanol–water partition coefficient (Wildman–Crippen LogP) is -0.299. The summed E-state index contributed by atoms with van der Waals surface area (Å²) >= 11 is 0. The van der Waals surface area contributed by atoms with Gasteiger partial charge < -0.3 is 15.5 Å². The Morgan fingerprint density at radius 1 is 1.55 bits per heavy atom. The Kier molecular flexibility index (Phi) is 2.34. The van der Waals surface area contributed by atoms with Crippen LogP contribution in [0.25, 0.3) is 0 Å². The summed E-state index contributed by atoms with van der Waals surface area (Å²) in [6.07, 6.45) is 0. The number of nitrogens with zero attached hydrogens (tertiary/aromatic N) is 2. The SMILES string of the molecule is C[C@H]1CN(C)CCN1C(N)=O. The molecule has 1 fully saturated rings. The molecule has 1 heterocycles. The highest BCUT2D eigenvalue weighted by Crippen LogP contribution is 2.06. The number of carbonyl (C=O) groups is 1. The van der Waals surface area contributed by atoms with Crippen LogP contribution in [0.4, 0.5) is 4.79 Å². The molecule has 0 aliphatic carbocycles. The van der Waals surface area contributed by atoms with Crippen LogP contribution in [-0.4, -0.2) is 48.6 Å². The molecule has 0 radical (unpaired) electrons. The Morgan fingerprint density at radius 3 is 2.64 bits per heavy atom. The van der Waals surface area contributed by atoms with E-state index in [4.69, 9.17) is 5.73 Å². The minimum Gasteiger partial charge on any atom is -0.351 e. The Balaban J connectivity index is 2.50. The first-order valence-corrected chi connectivity index (χ1v) is 3.86. The van der Waals surface area contributed by atoms with Crippen LogP contribution in [0.15, 0.2) is 0 Å².